The lowest BCUT2D eigenvalue weighted by molar-refractivity contribution is -0.123. The minimum Gasteiger partial charge on any atom is -0.379 e. The van der Waals surface area contributed by atoms with Gasteiger partial charge in [0.25, 0.3) is 0 Å². The van der Waals surface area contributed by atoms with Crippen LogP contribution in [0.25, 0.3) is 0 Å². The van der Waals surface area contributed by atoms with Gasteiger partial charge in [0.2, 0.25) is 5.91 Å². The fourth-order valence-electron chi connectivity index (χ4n) is 0.984. The Bertz CT molecular complexity index is 125. The number of ether oxygens (including phenoxy) is 1. The highest BCUT2D eigenvalue weighted by Crippen LogP contribution is 1.97. The maximum absolute atomic E-state index is 10.9. The van der Waals surface area contributed by atoms with E-state index in [9.17, 15) is 4.79 Å². The van der Waals surface area contributed by atoms with E-state index in [0.717, 1.165) is 13.0 Å². The van der Waals surface area contributed by atoms with Gasteiger partial charge in [-0.2, -0.15) is 0 Å². The van der Waals surface area contributed by atoms with Crippen molar-refractivity contribution in [3.05, 3.63) is 0 Å². The summed E-state index contributed by atoms with van der Waals surface area (Å²) in [6.07, 6.45) is 1.45. The van der Waals surface area contributed by atoms with Gasteiger partial charge in [0.05, 0.1) is 6.61 Å². The fourth-order valence-corrected chi connectivity index (χ4v) is 0.984. The summed E-state index contributed by atoms with van der Waals surface area (Å²) in [7, 11) is 0. The van der Waals surface area contributed by atoms with Crippen molar-refractivity contribution in [2.24, 2.45) is 0 Å². The lowest BCUT2D eigenvalue weighted by atomic mass is 10.2. The molecule has 1 heterocycles. The predicted molar refractivity (Wildman–Crippen MR) is 37.7 cm³/mol. The number of hydrogen-bond donors (Lipinski definition) is 1. The third kappa shape index (κ3) is 2.35. The van der Waals surface area contributed by atoms with Crippen LogP contribution >= 0.6 is 0 Å². The second-order valence-corrected chi connectivity index (χ2v) is 2.65. The zero-order valence-electron chi connectivity index (χ0n) is 6.22. The summed E-state index contributed by atoms with van der Waals surface area (Å²) in [5.74, 6) is 0.149. The standard InChI is InChI=1S/C7H13NO2/c1-6-5-10-4-2-3-7(9)8-6/h6H,2-5H2,1H3,(H,8,9). The average Bonchev–Trinajstić information content (AvgIpc) is 1.83. The van der Waals surface area contributed by atoms with Crippen LogP contribution in [-0.4, -0.2) is 25.2 Å². The molecule has 1 fully saturated rings. The normalized spacial score (nSPS) is 28.5. The van der Waals surface area contributed by atoms with E-state index in [1.807, 2.05) is 6.92 Å². The van der Waals surface area contributed by atoms with Crippen LogP contribution < -0.4 is 5.32 Å². The van der Waals surface area contributed by atoms with Crippen LogP contribution in [0.5, 0.6) is 0 Å². The molecule has 1 atom stereocenters. The van der Waals surface area contributed by atoms with Crippen LogP contribution in [-0.2, 0) is 9.53 Å². The van der Waals surface area contributed by atoms with Crippen molar-refractivity contribution in [2.45, 2.75) is 25.8 Å². The van der Waals surface area contributed by atoms with Crippen LogP contribution in [0.4, 0.5) is 0 Å². The van der Waals surface area contributed by atoms with E-state index >= 15 is 0 Å². The van der Waals surface area contributed by atoms with Crippen LogP contribution in [0.15, 0.2) is 0 Å². The summed E-state index contributed by atoms with van der Waals surface area (Å²) in [6, 6.07) is 0.174. The molecule has 0 aliphatic carbocycles. The van der Waals surface area contributed by atoms with Gasteiger partial charge in [-0.25, -0.2) is 0 Å². The average molecular weight is 143 g/mol. The summed E-state index contributed by atoms with van der Waals surface area (Å²) >= 11 is 0. The van der Waals surface area contributed by atoms with Crippen molar-refractivity contribution in [1.82, 2.24) is 5.32 Å². The lowest BCUT2D eigenvalue weighted by Crippen LogP contribution is -2.37. The molecule has 1 saturated heterocycles. The van der Waals surface area contributed by atoms with Crippen molar-refractivity contribution in [2.75, 3.05) is 13.2 Å². The second kappa shape index (κ2) is 3.56. The zero-order chi connectivity index (χ0) is 7.40. The van der Waals surface area contributed by atoms with Gasteiger partial charge < -0.3 is 10.1 Å². The summed E-state index contributed by atoms with van der Waals surface area (Å²) in [6.45, 7) is 3.31. The Kier molecular flexibility index (Phi) is 2.68. The summed E-state index contributed by atoms with van der Waals surface area (Å²) in [4.78, 5) is 10.9. The van der Waals surface area contributed by atoms with Crippen LogP contribution in [0.3, 0.4) is 0 Å². The molecule has 0 aromatic carbocycles. The molecule has 0 aromatic rings. The Labute approximate surface area is 60.7 Å². The highest BCUT2D eigenvalue weighted by atomic mass is 16.5. The third-order valence-corrected chi connectivity index (χ3v) is 1.47. The summed E-state index contributed by atoms with van der Waals surface area (Å²) < 4.78 is 5.22. The van der Waals surface area contributed by atoms with Crippen molar-refractivity contribution in [3.63, 3.8) is 0 Å². The highest BCUT2D eigenvalue weighted by Gasteiger charge is 2.09. The molecule has 3 nitrogen and oxygen atoms in total. The quantitative estimate of drug-likeness (QED) is 0.529. The van der Waals surface area contributed by atoms with Gasteiger partial charge in [0, 0.05) is 19.1 Å². The van der Waals surface area contributed by atoms with E-state index in [4.69, 9.17) is 4.74 Å². The molecular weight excluding hydrogens is 130 g/mol. The minimum atomic E-state index is 0.149. The lowest BCUT2D eigenvalue weighted by Gasteiger charge is -2.17. The van der Waals surface area contributed by atoms with Gasteiger partial charge in [-0.1, -0.05) is 0 Å². The number of nitrogens with one attached hydrogen (secondary N) is 1. The second-order valence-electron chi connectivity index (χ2n) is 2.65. The molecular formula is C7H13NO2. The molecule has 0 spiro atoms. The zero-order valence-corrected chi connectivity index (χ0v) is 6.22. The Morgan fingerprint density at radius 1 is 1.70 bits per heavy atom. The first-order valence-electron chi connectivity index (χ1n) is 3.66. The van der Waals surface area contributed by atoms with Gasteiger partial charge in [-0.3, -0.25) is 4.79 Å². The maximum Gasteiger partial charge on any atom is 0.220 e. The smallest absolute Gasteiger partial charge is 0.220 e. The number of rotatable bonds is 0. The third-order valence-electron chi connectivity index (χ3n) is 1.47. The van der Waals surface area contributed by atoms with Gasteiger partial charge in [-0.15, -0.1) is 0 Å². The molecule has 3 heteroatoms. The van der Waals surface area contributed by atoms with E-state index < -0.39 is 0 Å². The van der Waals surface area contributed by atoms with Crippen LogP contribution in [0.2, 0.25) is 0 Å². The Balaban J connectivity index is 2.32. The van der Waals surface area contributed by atoms with Gasteiger partial charge in [0.15, 0.2) is 0 Å². The number of hydrogen-bond acceptors (Lipinski definition) is 2. The fraction of sp³-hybridized carbons (Fsp3) is 0.857. The molecule has 1 unspecified atom stereocenters. The molecule has 1 N–H and O–H groups in total. The van der Waals surface area contributed by atoms with E-state index in [1.165, 1.54) is 0 Å². The molecule has 1 rings (SSSR count). The highest BCUT2D eigenvalue weighted by molar-refractivity contribution is 5.76. The topological polar surface area (TPSA) is 38.3 Å². The summed E-state index contributed by atoms with van der Waals surface area (Å²) in [5, 5.41) is 2.82. The SMILES string of the molecule is CC1COCCCC(=O)N1. The minimum absolute atomic E-state index is 0.149. The first-order valence-corrected chi connectivity index (χ1v) is 3.66. The van der Waals surface area contributed by atoms with E-state index in [-0.39, 0.29) is 11.9 Å². The molecule has 0 bridgehead atoms. The van der Waals surface area contributed by atoms with Crippen molar-refractivity contribution in [3.8, 4) is 0 Å². The summed E-state index contributed by atoms with van der Waals surface area (Å²) in [5.41, 5.74) is 0. The van der Waals surface area contributed by atoms with Crippen LogP contribution in [0.1, 0.15) is 19.8 Å². The Morgan fingerprint density at radius 3 is 3.30 bits per heavy atom. The van der Waals surface area contributed by atoms with Gasteiger partial charge in [-0.05, 0) is 13.3 Å². The molecule has 58 valence electrons. The Hall–Kier alpha value is -0.570. The molecule has 1 amide bonds. The van der Waals surface area contributed by atoms with Gasteiger partial charge >= 0.3 is 0 Å². The maximum atomic E-state index is 10.9. The molecule has 0 aromatic heterocycles. The largest absolute Gasteiger partial charge is 0.379 e. The number of amides is 1. The van der Waals surface area contributed by atoms with E-state index in [1.54, 1.807) is 0 Å². The van der Waals surface area contributed by atoms with Crippen molar-refractivity contribution in [1.29, 1.82) is 0 Å². The molecule has 1 aliphatic heterocycles. The van der Waals surface area contributed by atoms with Crippen molar-refractivity contribution < 1.29 is 9.53 Å². The van der Waals surface area contributed by atoms with E-state index in [0.29, 0.717) is 13.0 Å². The number of carbonyl (C=O) groups excluding carboxylic acids is 1. The monoisotopic (exact) mass is 143 g/mol. The number of carbonyl (C=O) groups is 1. The van der Waals surface area contributed by atoms with Gasteiger partial charge in [0.1, 0.15) is 0 Å². The Morgan fingerprint density at radius 2 is 2.50 bits per heavy atom. The first-order chi connectivity index (χ1) is 4.79. The molecule has 0 radical (unpaired) electrons. The first kappa shape index (κ1) is 7.54. The molecule has 0 saturated carbocycles. The van der Waals surface area contributed by atoms with Crippen molar-refractivity contribution >= 4 is 5.91 Å². The predicted octanol–water partition coefficient (Wildman–Crippen LogP) is 0.301. The molecule has 10 heavy (non-hydrogen) atoms. The van der Waals surface area contributed by atoms with E-state index in [2.05, 4.69) is 5.32 Å². The molecule has 1 aliphatic rings. The van der Waals surface area contributed by atoms with Crippen LogP contribution in [0, 0.1) is 0 Å².